The maximum absolute atomic E-state index is 14.8. The maximum Gasteiger partial charge on any atom is 0.299 e. The van der Waals surface area contributed by atoms with E-state index in [1.807, 2.05) is 0 Å². The number of aldehydes is 2. The monoisotopic (exact) mass is 442 g/mol. The molecule has 2 nitrogen and oxygen atoms in total. The van der Waals surface area contributed by atoms with Crippen LogP contribution in [0.3, 0.4) is 0 Å². The summed E-state index contributed by atoms with van der Waals surface area (Å²) in [6.45, 7) is 0. The summed E-state index contributed by atoms with van der Waals surface area (Å²) in [6.07, 6.45) is 1.30. The average molecular weight is 444 g/mol. The molecule has 0 amide bonds. The van der Waals surface area contributed by atoms with Crippen molar-refractivity contribution in [3.05, 3.63) is 58.7 Å². The number of carbonyl (C=O) groups is 2. The molecule has 0 spiro atoms. The second-order valence-corrected chi connectivity index (χ2v) is 7.23. The van der Waals surface area contributed by atoms with Gasteiger partial charge in [0.15, 0.2) is 0 Å². The predicted molar refractivity (Wildman–Crippen MR) is 90.3 cm³/mol. The highest BCUT2D eigenvalue weighted by Gasteiger charge is 2.44. The Labute approximate surface area is 148 Å². The number of carbonyl (C=O) groups excluding carboxylic acids is 2. The smallest absolute Gasteiger partial charge is 0.299 e. The minimum Gasteiger partial charge on any atom is -0.302 e. The van der Waals surface area contributed by atoms with Crippen molar-refractivity contribution in [3.8, 4) is 11.1 Å². The van der Waals surface area contributed by atoms with Crippen LogP contribution in [-0.2, 0) is 15.5 Å². The molecule has 2 aromatic rings. The largest absolute Gasteiger partial charge is 0.302 e. The van der Waals surface area contributed by atoms with Crippen LogP contribution >= 0.6 is 31.9 Å². The van der Waals surface area contributed by atoms with Crippen LogP contribution in [0.15, 0.2) is 36.4 Å². The highest BCUT2D eigenvalue weighted by atomic mass is 79.9. The molecule has 1 aliphatic rings. The summed E-state index contributed by atoms with van der Waals surface area (Å²) >= 11 is 6.30. The third kappa shape index (κ3) is 2.58. The molecule has 0 aromatic heterocycles. The van der Waals surface area contributed by atoms with Gasteiger partial charge in [-0.3, -0.25) is 0 Å². The fraction of sp³-hybridized carbons (Fsp3) is 0.176. The summed E-state index contributed by atoms with van der Waals surface area (Å²) < 4.78 is 29.6. The minimum atomic E-state index is -3.16. The Balaban J connectivity index is 2.17. The van der Waals surface area contributed by atoms with Crippen molar-refractivity contribution in [1.29, 1.82) is 0 Å². The number of hydrogen-bond acceptors (Lipinski definition) is 2. The lowest BCUT2D eigenvalue weighted by Gasteiger charge is -2.14. The summed E-state index contributed by atoms with van der Waals surface area (Å²) in [4.78, 5) is 20.5. The highest BCUT2D eigenvalue weighted by molar-refractivity contribution is 9.09. The second kappa shape index (κ2) is 5.91. The lowest BCUT2D eigenvalue weighted by molar-refractivity contribution is -0.108. The van der Waals surface area contributed by atoms with E-state index in [1.165, 1.54) is 12.1 Å². The summed E-state index contributed by atoms with van der Waals surface area (Å²) in [5.41, 5.74) is 1.62. The zero-order chi connectivity index (χ0) is 16.8. The zero-order valence-electron chi connectivity index (χ0n) is 11.6. The lowest BCUT2D eigenvalue weighted by atomic mass is 10.0. The predicted octanol–water partition coefficient (Wildman–Crippen LogP) is 5.08. The molecule has 23 heavy (non-hydrogen) atoms. The number of benzene rings is 2. The highest BCUT2D eigenvalue weighted by Crippen LogP contribution is 2.52. The summed E-state index contributed by atoms with van der Waals surface area (Å²) in [5.74, 6) is -3.16. The SMILES string of the molecule is O=CC(Br)c1ccc2c(c1)C(F)(F)c1cc(C(Br)C=O)ccc1-2. The van der Waals surface area contributed by atoms with E-state index in [4.69, 9.17) is 0 Å². The van der Waals surface area contributed by atoms with E-state index in [1.54, 1.807) is 24.3 Å². The van der Waals surface area contributed by atoms with Gasteiger partial charge in [-0.1, -0.05) is 56.1 Å². The van der Waals surface area contributed by atoms with Gasteiger partial charge in [0.25, 0.3) is 5.92 Å². The maximum atomic E-state index is 14.8. The quantitative estimate of drug-likeness (QED) is 0.488. The molecule has 0 heterocycles. The van der Waals surface area contributed by atoms with Crippen LogP contribution in [0.4, 0.5) is 8.78 Å². The Morgan fingerprint density at radius 3 is 1.57 bits per heavy atom. The molecule has 0 saturated carbocycles. The first kappa shape index (κ1) is 16.5. The number of alkyl halides is 4. The Morgan fingerprint density at radius 1 is 0.826 bits per heavy atom. The summed E-state index contributed by atoms with van der Waals surface area (Å²) in [5, 5.41) is 0. The third-order valence-corrected chi connectivity index (χ3v) is 5.42. The topological polar surface area (TPSA) is 34.1 Å². The number of halogens is 4. The van der Waals surface area contributed by atoms with Crippen LogP contribution in [-0.4, -0.2) is 12.6 Å². The van der Waals surface area contributed by atoms with Crippen LogP contribution in [0.25, 0.3) is 11.1 Å². The van der Waals surface area contributed by atoms with Gasteiger partial charge < -0.3 is 9.59 Å². The molecule has 0 aliphatic heterocycles. The van der Waals surface area contributed by atoms with Gasteiger partial charge in [0.1, 0.15) is 12.6 Å². The van der Waals surface area contributed by atoms with Crippen molar-refractivity contribution in [2.75, 3.05) is 0 Å². The van der Waals surface area contributed by atoms with Crippen molar-refractivity contribution in [1.82, 2.24) is 0 Å². The molecule has 1 aliphatic carbocycles. The normalized spacial score (nSPS) is 17.0. The van der Waals surface area contributed by atoms with Crippen LogP contribution < -0.4 is 0 Å². The van der Waals surface area contributed by atoms with Crippen molar-refractivity contribution >= 4 is 44.4 Å². The number of hydrogen-bond donors (Lipinski definition) is 0. The lowest BCUT2D eigenvalue weighted by Crippen LogP contribution is -2.12. The molecule has 0 N–H and O–H groups in total. The molecule has 0 fully saturated rings. The van der Waals surface area contributed by atoms with Crippen LogP contribution in [0.1, 0.15) is 31.9 Å². The molecule has 118 valence electrons. The Morgan fingerprint density at radius 2 is 1.22 bits per heavy atom. The van der Waals surface area contributed by atoms with Gasteiger partial charge in [-0.15, -0.1) is 0 Å². The van der Waals surface area contributed by atoms with E-state index in [-0.39, 0.29) is 11.1 Å². The standard InChI is InChI=1S/C17H10Br2F2O2/c18-15(7-22)9-1-3-11-12-4-2-10(16(19)8-23)6-14(12)17(20,21)13(11)5-9/h1-8,15-16H. The molecule has 6 heteroatoms. The summed E-state index contributed by atoms with van der Waals surface area (Å²) in [7, 11) is 0. The van der Waals surface area contributed by atoms with Crippen molar-refractivity contribution < 1.29 is 18.4 Å². The van der Waals surface area contributed by atoms with Gasteiger partial charge in [-0.05, 0) is 34.4 Å². The Kier molecular flexibility index (Phi) is 4.23. The van der Waals surface area contributed by atoms with E-state index in [9.17, 15) is 18.4 Å². The zero-order valence-corrected chi connectivity index (χ0v) is 14.8. The van der Waals surface area contributed by atoms with Crippen LogP contribution in [0.5, 0.6) is 0 Å². The first-order valence-electron chi connectivity index (χ1n) is 6.76. The van der Waals surface area contributed by atoms with Gasteiger partial charge in [0, 0.05) is 11.1 Å². The minimum absolute atomic E-state index is 0.120. The fourth-order valence-corrected chi connectivity index (χ4v) is 3.33. The van der Waals surface area contributed by atoms with Crippen LogP contribution in [0.2, 0.25) is 0 Å². The molecule has 2 unspecified atom stereocenters. The molecular formula is C17H10Br2F2O2. The van der Waals surface area contributed by atoms with E-state index >= 15 is 0 Å². The number of rotatable bonds is 4. The third-order valence-electron chi connectivity index (χ3n) is 3.93. The average Bonchev–Trinajstić information content (AvgIpc) is 2.80. The van der Waals surface area contributed by atoms with Gasteiger partial charge in [-0.25, -0.2) is 0 Å². The second-order valence-electron chi connectivity index (χ2n) is 5.26. The van der Waals surface area contributed by atoms with E-state index in [2.05, 4.69) is 31.9 Å². The van der Waals surface area contributed by atoms with Gasteiger partial charge in [0.2, 0.25) is 0 Å². The molecule has 3 rings (SSSR count). The van der Waals surface area contributed by atoms with E-state index in [0.29, 0.717) is 34.8 Å². The Bertz CT molecular complexity index is 740. The van der Waals surface area contributed by atoms with E-state index in [0.717, 1.165) is 0 Å². The van der Waals surface area contributed by atoms with Crippen LogP contribution in [0, 0.1) is 0 Å². The fourth-order valence-electron chi connectivity index (χ4n) is 2.76. The first-order valence-corrected chi connectivity index (χ1v) is 8.59. The molecule has 2 atom stereocenters. The Hall–Kier alpha value is -1.40. The molecule has 2 aromatic carbocycles. The number of fused-ring (bicyclic) bond motifs is 3. The molecule has 0 bridgehead atoms. The molecular weight excluding hydrogens is 434 g/mol. The van der Waals surface area contributed by atoms with Crippen molar-refractivity contribution in [2.24, 2.45) is 0 Å². The summed E-state index contributed by atoms with van der Waals surface area (Å²) in [6, 6.07) is 9.23. The van der Waals surface area contributed by atoms with Gasteiger partial charge >= 0.3 is 0 Å². The van der Waals surface area contributed by atoms with E-state index < -0.39 is 15.6 Å². The van der Waals surface area contributed by atoms with Crippen molar-refractivity contribution in [3.63, 3.8) is 0 Å². The molecule has 0 saturated heterocycles. The van der Waals surface area contributed by atoms with Gasteiger partial charge in [-0.2, -0.15) is 8.78 Å². The molecule has 0 radical (unpaired) electrons. The first-order chi connectivity index (χ1) is 10.9. The van der Waals surface area contributed by atoms with Crippen molar-refractivity contribution in [2.45, 2.75) is 15.6 Å². The van der Waals surface area contributed by atoms with Gasteiger partial charge in [0.05, 0.1) is 9.65 Å².